The second-order valence-electron chi connectivity index (χ2n) is 14.2. The van der Waals surface area contributed by atoms with Crippen molar-refractivity contribution < 1.29 is 9.90 Å². The summed E-state index contributed by atoms with van der Waals surface area (Å²) in [5.74, 6) is 6.55. The molecule has 3 aromatic rings. The molecule has 0 aromatic heterocycles. The van der Waals surface area contributed by atoms with E-state index >= 15 is 0 Å². The summed E-state index contributed by atoms with van der Waals surface area (Å²) >= 11 is 0. The van der Waals surface area contributed by atoms with Gasteiger partial charge in [0.25, 0.3) is 0 Å². The Hall–Kier alpha value is -3.06. The predicted molar refractivity (Wildman–Crippen MR) is 194 cm³/mol. The van der Waals surface area contributed by atoms with Crippen LogP contribution in [0.1, 0.15) is 99.8 Å². The fraction of sp³-hybridized carbons (Fsp3) is 0.462. The Kier molecular flexibility index (Phi) is 10.6. The summed E-state index contributed by atoms with van der Waals surface area (Å²) in [6.45, 7) is 32.0. The Morgan fingerprint density at radius 3 is 1.63 bits per heavy atom. The molecule has 0 atom stereocenters. The third-order valence-electron chi connectivity index (χ3n) is 10.1. The average Bonchev–Trinajstić information content (AvgIpc) is 2.91. The second-order valence-corrected chi connectivity index (χ2v) is 25.3. The fourth-order valence-electron chi connectivity index (χ4n) is 7.94. The molecular weight excluding hydrogens is 557 g/mol. The normalized spacial score (nSPS) is 12.4. The van der Waals surface area contributed by atoms with Crippen molar-refractivity contribution in [3.63, 3.8) is 0 Å². The molecule has 0 aliphatic rings. The first kappa shape index (κ1) is 34.4. The Bertz CT molecular complexity index is 1610. The van der Waals surface area contributed by atoms with Crippen LogP contribution >= 0.6 is 0 Å². The standard InChI is InChI=1S/C39H52O2Si2/c1-25(2)42(26(3)4,27(5)6)21-19-32-15-14-16-34-24-35-23-33(31(13)39(40)41)17-18-36(35)37(38(32)34)20-22-43(28(7)8,29(9)10)30(11)12/h14-18,23-30H,13H2,1-12H3,(H,40,41). The highest BCUT2D eigenvalue weighted by molar-refractivity contribution is 6.91. The van der Waals surface area contributed by atoms with Gasteiger partial charge in [-0.15, -0.1) is 11.1 Å². The molecule has 0 spiro atoms. The number of carbonyl (C=O) groups is 1. The van der Waals surface area contributed by atoms with Gasteiger partial charge in [-0.25, -0.2) is 4.79 Å². The third kappa shape index (κ3) is 6.29. The zero-order valence-electron chi connectivity index (χ0n) is 28.6. The van der Waals surface area contributed by atoms with Crippen LogP contribution in [0.2, 0.25) is 33.2 Å². The molecule has 3 rings (SSSR count). The molecule has 0 radical (unpaired) electrons. The van der Waals surface area contributed by atoms with Gasteiger partial charge in [0.1, 0.15) is 16.1 Å². The SMILES string of the molecule is C=C(C(=O)O)c1ccc2c(C#C[Si](C(C)C)(C(C)C)C(C)C)c3c(C#C[Si](C(C)C)(C(C)C)C(C)C)cccc3cc2c1. The molecule has 1 N–H and O–H groups in total. The molecule has 0 saturated heterocycles. The van der Waals surface area contributed by atoms with E-state index in [4.69, 9.17) is 0 Å². The third-order valence-corrected chi connectivity index (χ3v) is 22.7. The number of carboxylic acid groups (broad SMARTS) is 1. The maximum atomic E-state index is 11.7. The number of hydrogen-bond acceptors (Lipinski definition) is 1. The topological polar surface area (TPSA) is 37.3 Å². The molecule has 0 amide bonds. The Labute approximate surface area is 263 Å². The van der Waals surface area contributed by atoms with Gasteiger partial charge in [0.2, 0.25) is 0 Å². The Morgan fingerprint density at radius 1 is 0.674 bits per heavy atom. The van der Waals surface area contributed by atoms with Gasteiger partial charge in [0, 0.05) is 16.5 Å². The van der Waals surface area contributed by atoms with Crippen molar-refractivity contribution in [3.05, 3.63) is 65.7 Å². The summed E-state index contributed by atoms with van der Waals surface area (Å²) < 4.78 is 0. The fourth-order valence-corrected chi connectivity index (χ4v) is 18.4. The first-order valence-electron chi connectivity index (χ1n) is 16.0. The summed E-state index contributed by atoms with van der Waals surface area (Å²) in [5.41, 5.74) is 13.9. The molecule has 0 unspecified atom stereocenters. The minimum atomic E-state index is -2.02. The van der Waals surface area contributed by atoms with Gasteiger partial charge in [0.15, 0.2) is 0 Å². The lowest BCUT2D eigenvalue weighted by Crippen LogP contribution is -2.43. The van der Waals surface area contributed by atoms with Gasteiger partial charge >= 0.3 is 5.97 Å². The molecule has 4 heteroatoms. The van der Waals surface area contributed by atoms with Gasteiger partial charge in [-0.3, -0.25) is 0 Å². The molecule has 0 aliphatic carbocycles. The van der Waals surface area contributed by atoms with Crippen molar-refractivity contribution in [1.82, 2.24) is 0 Å². The first-order valence-corrected chi connectivity index (χ1v) is 20.5. The summed E-state index contributed by atoms with van der Waals surface area (Å²) in [4.78, 5) is 11.7. The van der Waals surface area contributed by atoms with Crippen LogP contribution in [0.4, 0.5) is 0 Å². The van der Waals surface area contributed by atoms with Gasteiger partial charge in [-0.05, 0) is 73.2 Å². The minimum absolute atomic E-state index is 0.0949. The summed E-state index contributed by atoms with van der Waals surface area (Å²) in [6.07, 6.45) is 0. The molecular formula is C39H52O2Si2. The maximum Gasteiger partial charge on any atom is 0.335 e. The van der Waals surface area contributed by atoms with Crippen LogP contribution in [0.15, 0.2) is 49.0 Å². The zero-order valence-corrected chi connectivity index (χ0v) is 30.6. The monoisotopic (exact) mass is 608 g/mol. The lowest BCUT2D eigenvalue weighted by atomic mass is 9.92. The molecule has 0 aliphatic heterocycles. The van der Waals surface area contributed by atoms with Gasteiger partial charge in [-0.1, -0.05) is 126 Å². The zero-order chi connectivity index (χ0) is 32.4. The quantitative estimate of drug-likeness (QED) is 0.120. The summed E-state index contributed by atoms with van der Waals surface area (Å²) in [5, 5.41) is 13.8. The van der Waals surface area contributed by atoms with E-state index in [-0.39, 0.29) is 5.57 Å². The second kappa shape index (κ2) is 13.3. The first-order chi connectivity index (χ1) is 20.0. The van der Waals surface area contributed by atoms with Crippen molar-refractivity contribution in [2.75, 3.05) is 0 Å². The van der Waals surface area contributed by atoms with Crippen molar-refractivity contribution in [1.29, 1.82) is 0 Å². The van der Waals surface area contributed by atoms with E-state index in [1.54, 1.807) is 0 Å². The Morgan fingerprint density at radius 2 is 1.16 bits per heavy atom. The Balaban J connectivity index is 2.53. The van der Waals surface area contributed by atoms with Crippen LogP contribution in [0.3, 0.4) is 0 Å². The molecule has 228 valence electrons. The van der Waals surface area contributed by atoms with E-state index in [1.165, 1.54) is 0 Å². The minimum Gasteiger partial charge on any atom is -0.478 e. The number of aliphatic carboxylic acids is 1. The predicted octanol–water partition coefficient (Wildman–Crippen LogP) is 11.2. The molecule has 43 heavy (non-hydrogen) atoms. The van der Waals surface area contributed by atoms with Crippen LogP contribution in [-0.2, 0) is 4.79 Å². The molecule has 0 bridgehead atoms. The number of carboxylic acids is 1. The van der Waals surface area contributed by atoms with Crippen LogP contribution in [0.5, 0.6) is 0 Å². The van der Waals surface area contributed by atoms with Crippen LogP contribution in [0, 0.1) is 22.9 Å². The maximum absolute atomic E-state index is 11.7. The average molecular weight is 609 g/mol. The highest BCUT2D eigenvalue weighted by Crippen LogP contribution is 2.42. The molecule has 0 saturated carbocycles. The van der Waals surface area contributed by atoms with E-state index in [0.717, 1.165) is 32.7 Å². The summed E-state index contributed by atoms with van der Waals surface area (Å²) in [6, 6.07) is 14.4. The van der Waals surface area contributed by atoms with Crippen molar-refractivity contribution in [2.24, 2.45) is 0 Å². The van der Waals surface area contributed by atoms with Gasteiger partial charge in [-0.2, -0.15) is 0 Å². The van der Waals surface area contributed by atoms with Crippen molar-refractivity contribution >= 4 is 49.2 Å². The molecule has 2 nitrogen and oxygen atoms in total. The molecule has 0 heterocycles. The smallest absolute Gasteiger partial charge is 0.335 e. The van der Waals surface area contributed by atoms with Crippen LogP contribution < -0.4 is 0 Å². The van der Waals surface area contributed by atoms with Gasteiger partial charge in [0.05, 0.1) is 5.57 Å². The molecule has 3 aromatic carbocycles. The van der Waals surface area contributed by atoms with Gasteiger partial charge < -0.3 is 5.11 Å². The van der Waals surface area contributed by atoms with Crippen LogP contribution in [-0.4, -0.2) is 27.2 Å². The van der Waals surface area contributed by atoms with Crippen LogP contribution in [0.25, 0.3) is 27.1 Å². The number of fused-ring (bicyclic) bond motifs is 2. The summed E-state index contributed by atoms with van der Waals surface area (Å²) in [7, 11) is -3.97. The van der Waals surface area contributed by atoms with Crippen molar-refractivity contribution in [3.8, 4) is 22.9 Å². The van der Waals surface area contributed by atoms with E-state index in [0.29, 0.717) is 38.8 Å². The van der Waals surface area contributed by atoms with E-state index < -0.39 is 22.1 Å². The number of rotatable bonds is 8. The van der Waals surface area contributed by atoms with E-state index in [1.807, 2.05) is 18.2 Å². The van der Waals surface area contributed by atoms with E-state index in [2.05, 4.69) is 137 Å². The molecule has 0 fully saturated rings. The highest BCUT2D eigenvalue weighted by Gasteiger charge is 2.42. The van der Waals surface area contributed by atoms with Crippen molar-refractivity contribution in [2.45, 2.75) is 116 Å². The number of hydrogen-bond donors (Lipinski definition) is 1. The number of benzene rings is 3. The highest BCUT2D eigenvalue weighted by atomic mass is 28.3. The lowest BCUT2D eigenvalue weighted by molar-refractivity contribution is -0.130. The van der Waals surface area contributed by atoms with E-state index in [9.17, 15) is 9.90 Å². The largest absolute Gasteiger partial charge is 0.478 e. The lowest BCUT2D eigenvalue weighted by Gasteiger charge is -2.38.